The lowest BCUT2D eigenvalue weighted by molar-refractivity contribution is 0.619. The minimum absolute atomic E-state index is 0.249. The maximum atomic E-state index is 13.4. The molecule has 98 valence electrons. The van der Waals surface area contributed by atoms with Gasteiger partial charge in [0.15, 0.2) is 0 Å². The smallest absolute Gasteiger partial charge is 0.137 e. The van der Waals surface area contributed by atoms with Gasteiger partial charge in [-0.15, -0.1) is 0 Å². The summed E-state index contributed by atoms with van der Waals surface area (Å²) in [5, 5.41) is 3.20. The molecule has 2 aromatic rings. The second-order valence-corrected chi connectivity index (χ2v) is 5.53. The monoisotopic (exact) mass is 321 g/mol. The van der Waals surface area contributed by atoms with Crippen molar-refractivity contribution >= 4 is 21.7 Å². The van der Waals surface area contributed by atoms with Crippen LogP contribution in [0.15, 0.2) is 34.9 Å². The second-order valence-electron chi connectivity index (χ2n) is 4.68. The minimum atomic E-state index is -0.249. The van der Waals surface area contributed by atoms with Crippen LogP contribution in [-0.2, 0) is 6.54 Å². The van der Waals surface area contributed by atoms with E-state index in [0.717, 1.165) is 17.2 Å². The maximum Gasteiger partial charge on any atom is 0.137 e. The molecule has 3 rings (SSSR count). The minimum Gasteiger partial charge on any atom is -0.366 e. The van der Waals surface area contributed by atoms with Crippen molar-refractivity contribution in [2.75, 3.05) is 5.32 Å². The van der Waals surface area contributed by atoms with Gasteiger partial charge in [-0.2, -0.15) is 0 Å². The Morgan fingerprint density at radius 3 is 2.89 bits per heavy atom. The predicted octanol–water partition coefficient (Wildman–Crippen LogP) is 3.87. The molecule has 0 bridgehead atoms. The third-order valence-electron chi connectivity index (χ3n) is 3.07. The molecule has 1 aliphatic rings. The van der Waals surface area contributed by atoms with Gasteiger partial charge in [-0.05, 0) is 52.5 Å². The summed E-state index contributed by atoms with van der Waals surface area (Å²) in [7, 11) is 0. The summed E-state index contributed by atoms with van der Waals surface area (Å²) in [6.07, 6.45) is 4.13. The zero-order valence-electron chi connectivity index (χ0n) is 10.2. The third kappa shape index (κ3) is 3.10. The van der Waals surface area contributed by atoms with Crippen LogP contribution in [0.5, 0.6) is 0 Å². The van der Waals surface area contributed by atoms with Crippen LogP contribution in [0, 0.1) is 5.82 Å². The first-order valence-electron chi connectivity index (χ1n) is 6.23. The number of rotatable bonds is 4. The van der Waals surface area contributed by atoms with Gasteiger partial charge in [0.05, 0.1) is 4.47 Å². The fraction of sp³-hybridized carbons (Fsp3) is 0.286. The summed E-state index contributed by atoms with van der Waals surface area (Å²) in [6.45, 7) is 0.547. The molecule has 1 N–H and O–H groups in total. The van der Waals surface area contributed by atoms with Crippen molar-refractivity contribution in [3.8, 4) is 0 Å². The Hall–Kier alpha value is -1.49. The van der Waals surface area contributed by atoms with E-state index < -0.39 is 0 Å². The first-order valence-corrected chi connectivity index (χ1v) is 7.02. The van der Waals surface area contributed by atoms with E-state index in [4.69, 9.17) is 0 Å². The Kier molecular flexibility index (Phi) is 3.46. The van der Waals surface area contributed by atoms with Crippen molar-refractivity contribution in [2.24, 2.45) is 0 Å². The summed E-state index contributed by atoms with van der Waals surface area (Å²) < 4.78 is 13.9. The quantitative estimate of drug-likeness (QED) is 0.929. The number of benzene rings is 1. The molecule has 1 aliphatic carbocycles. The molecule has 1 aromatic carbocycles. The molecule has 1 aromatic heterocycles. The molecule has 0 unspecified atom stereocenters. The lowest BCUT2D eigenvalue weighted by Crippen LogP contribution is -2.04. The number of nitrogens with one attached hydrogen (secondary N) is 1. The molecular formula is C14H13BrFN3. The molecule has 0 radical (unpaired) electrons. The lowest BCUT2D eigenvalue weighted by atomic mass is 10.2. The number of hydrogen-bond acceptors (Lipinski definition) is 3. The fourth-order valence-electron chi connectivity index (χ4n) is 1.85. The van der Waals surface area contributed by atoms with Gasteiger partial charge in [-0.1, -0.05) is 6.07 Å². The summed E-state index contributed by atoms with van der Waals surface area (Å²) in [5.74, 6) is 1.99. The van der Waals surface area contributed by atoms with Crippen LogP contribution in [-0.4, -0.2) is 9.97 Å². The maximum absolute atomic E-state index is 13.4. The molecule has 0 amide bonds. The van der Waals surface area contributed by atoms with Crippen LogP contribution in [0.3, 0.4) is 0 Å². The number of aromatic nitrogens is 2. The average Bonchev–Trinajstić information content (AvgIpc) is 3.25. The Morgan fingerprint density at radius 1 is 1.32 bits per heavy atom. The van der Waals surface area contributed by atoms with Crippen molar-refractivity contribution in [3.05, 3.63) is 52.1 Å². The van der Waals surface area contributed by atoms with Crippen LogP contribution < -0.4 is 5.32 Å². The second kappa shape index (κ2) is 5.25. The van der Waals surface area contributed by atoms with E-state index in [0.29, 0.717) is 16.9 Å². The van der Waals surface area contributed by atoms with E-state index in [1.807, 2.05) is 12.1 Å². The van der Waals surface area contributed by atoms with Crippen molar-refractivity contribution in [1.82, 2.24) is 9.97 Å². The Bertz CT molecular complexity index is 599. The van der Waals surface area contributed by atoms with Crippen molar-refractivity contribution in [1.29, 1.82) is 0 Å². The molecule has 5 heteroatoms. The topological polar surface area (TPSA) is 37.8 Å². The molecule has 3 nitrogen and oxygen atoms in total. The number of hydrogen-bond donors (Lipinski definition) is 1. The SMILES string of the molecule is Fc1cc(CNc2ccnc(C3CC3)n2)ccc1Br. The molecule has 0 spiro atoms. The summed E-state index contributed by atoms with van der Waals surface area (Å²) in [5.41, 5.74) is 0.882. The van der Waals surface area contributed by atoms with E-state index in [1.54, 1.807) is 12.3 Å². The Labute approximate surface area is 119 Å². The van der Waals surface area contributed by atoms with Gasteiger partial charge in [-0.3, -0.25) is 0 Å². The van der Waals surface area contributed by atoms with Crippen LogP contribution in [0.1, 0.15) is 30.1 Å². The summed E-state index contributed by atoms with van der Waals surface area (Å²) in [4.78, 5) is 8.73. The zero-order valence-corrected chi connectivity index (χ0v) is 11.8. The highest BCUT2D eigenvalue weighted by atomic mass is 79.9. The van der Waals surface area contributed by atoms with Crippen molar-refractivity contribution in [2.45, 2.75) is 25.3 Å². The van der Waals surface area contributed by atoms with Gasteiger partial charge in [0.1, 0.15) is 17.5 Å². The molecule has 19 heavy (non-hydrogen) atoms. The highest BCUT2D eigenvalue weighted by molar-refractivity contribution is 9.10. The van der Waals surface area contributed by atoms with Gasteiger partial charge in [0, 0.05) is 18.7 Å². The standard InChI is InChI=1S/C14H13BrFN3/c15-11-4-1-9(7-12(11)16)8-18-13-5-6-17-14(19-13)10-2-3-10/h1,4-7,10H,2-3,8H2,(H,17,18,19). The van der Waals surface area contributed by atoms with Gasteiger partial charge in [-0.25, -0.2) is 14.4 Å². The molecule has 1 heterocycles. The van der Waals surface area contributed by atoms with Gasteiger partial charge >= 0.3 is 0 Å². The lowest BCUT2D eigenvalue weighted by Gasteiger charge is -2.07. The molecule has 0 saturated heterocycles. The number of halogens is 2. The van der Waals surface area contributed by atoms with Crippen LogP contribution >= 0.6 is 15.9 Å². The van der Waals surface area contributed by atoms with Gasteiger partial charge in [0.25, 0.3) is 0 Å². The average molecular weight is 322 g/mol. The van der Waals surface area contributed by atoms with E-state index in [9.17, 15) is 4.39 Å². The Balaban J connectivity index is 1.68. The fourth-order valence-corrected chi connectivity index (χ4v) is 2.10. The van der Waals surface area contributed by atoms with E-state index >= 15 is 0 Å². The Morgan fingerprint density at radius 2 is 2.16 bits per heavy atom. The predicted molar refractivity (Wildman–Crippen MR) is 75.4 cm³/mol. The molecule has 0 aliphatic heterocycles. The van der Waals surface area contributed by atoms with Crippen molar-refractivity contribution in [3.63, 3.8) is 0 Å². The number of anilines is 1. The number of nitrogens with zero attached hydrogens (tertiary/aromatic N) is 2. The zero-order chi connectivity index (χ0) is 13.2. The first kappa shape index (κ1) is 12.5. The molecular weight excluding hydrogens is 309 g/mol. The molecule has 1 fully saturated rings. The first-order chi connectivity index (χ1) is 9.22. The highest BCUT2D eigenvalue weighted by Gasteiger charge is 2.26. The van der Waals surface area contributed by atoms with E-state index in [-0.39, 0.29) is 5.82 Å². The van der Waals surface area contributed by atoms with Crippen LogP contribution in [0.25, 0.3) is 0 Å². The third-order valence-corrected chi connectivity index (χ3v) is 3.72. The largest absolute Gasteiger partial charge is 0.366 e. The van der Waals surface area contributed by atoms with Gasteiger partial charge < -0.3 is 5.32 Å². The highest BCUT2D eigenvalue weighted by Crippen LogP contribution is 2.38. The summed E-state index contributed by atoms with van der Waals surface area (Å²) in [6, 6.07) is 6.94. The van der Waals surface area contributed by atoms with Crippen molar-refractivity contribution < 1.29 is 4.39 Å². The van der Waals surface area contributed by atoms with E-state index in [1.165, 1.54) is 18.9 Å². The van der Waals surface area contributed by atoms with Gasteiger partial charge in [0.2, 0.25) is 0 Å². The molecule has 1 saturated carbocycles. The van der Waals surface area contributed by atoms with Crippen LogP contribution in [0.4, 0.5) is 10.2 Å². The van der Waals surface area contributed by atoms with Crippen LogP contribution in [0.2, 0.25) is 0 Å². The normalized spacial score (nSPS) is 14.4. The summed E-state index contributed by atoms with van der Waals surface area (Å²) >= 11 is 3.14. The van der Waals surface area contributed by atoms with E-state index in [2.05, 4.69) is 31.2 Å². The molecule has 0 atom stereocenters.